The lowest BCUT2D eigenvalue weighted by Gasteiger charge is -2.34. The fraction of sp³-hybridized carbons (Fsp3) is 0.261. The van der Waals surface area contributed by atoms with E-state index in [-0.39, 0.29) is 38.2 Å². The van der Waals surface area contributed by atoms with Crippen LogP contribution in [-0.2, 0) is 17.1 Å². The molecule has 0 aliphatic carbocycles. The molecular formula is C23H18F6N4O2. The first-order chi connectivity index (χ1) is 16.4. The summed E-state index contributed by atoms with van der Waals surface area (Å²) in [4.78, 5) is 35.2. The van der Waals surface area contributed by atoms with Crippen LogP contribution in [0.1, 0.15) is 27.0 Å². The highest BCUT2D eigenvalue weighted by Gasteiger charge is 2.36. The van der Waals surface area contributed by atoms with Gasteiger partial charge < -0.3 is 14.8 Å². The van der Waals surface area contributed by atoms with E-state index in [0.717, 1.165) is 12.2 Å². The quantitative estimate of drug-likeness (QED) is 0.426. The lowest BCUT2D eigenvalue weighted by atomic mass is 10.0. The molecule has 1 saturated heterocycles. The topological polar surface area (TPSA) is 69.3 Å². The largest absolute Gasteiger partial charge is 0.416 e. The highest BCUT2D eigenvalue weighted by atomic mass is 19.4. The number of hydrogen-bond acceptors (Lipinski definition) is 3. The van der Waals surface area contributed by atoms with Crippen LogP contribution in [0.2, 0.25) is 0 Å². The van der Waals surface area contributed by atoms with E-state index < -0.39 is 35.0 Å². The fourth-order valence-corrected chi connectivity index (χ4v) is 3.73. The van der Waals surface area contributed by atoms with Crippen LogP contribution in [0.3, 0.4) is 0 Å². The molecule has 0 radical (unpaired) electrons. The van der Waals surface area contributed by atoms with Crippen molar-refractivity contribution >= 4 is 28.9 Å². The Bertz CT molecular complexity index is 1250. The Morgan fingerprint density at radius 3 is 2.06 bits per heavy atom. The van der Waals surface area contributed by atoms with Crippen molar-refractivity contribution in [3.8, 4) is 0 Å². The molecule has 3 aromatic rings. The summed E-state index contributed by atoms with van der Waals surface area (Å²) in [7, 11) is 0. The molecule has 35 heavy (non-hydrogen) atoms. The number of nitrogens with zero attached hydrogens (tertiary/aromatic N) is 3. The number of aromatic amines is 1. The monoisotopic (exact) mass is 496 g/mol. The average molecular weight is 496 g/mol. The normalized spacial score (nSPS) is 15.3. The number of aromatic nitrogens is 2. The van der Waals surface area contributed by atoms with Gasteiger partial charge in [-0.25, -0.2) is 4.98 Å². The molecule has 2 heterocycles. The standard InChI is InChI=1S/C23H18F6N4O2/c24-22(25,26)16-9-14(10-17(12-16)23(27,28)29)1-4-20(34)32-5-7-33(8-6-32)21(35)15-2-3-18-19(11-15)31-13-30-18/h1-4,9-13H,5-8H2,(H,30,31)/b4-1+. The second kappa shape index (κ2) is 9.08. The van der Waals surface area contributed by atoms with Gasteiger partial charge in [0.25, 0.3) is 5.91 Å². The average Bonchev–Trinajstić information content (AvgIpc) is 3.29. The first-order valence-corrected chi connectivity index (χ1v) is 10.4. The van der Waals surface area contributed by atoms with E-state index in [0.29, 0.717) is 28.7 Å². The third-order valence-electron chi connectivity index (χ3n) is 5.57. The number of halogens is 6. The highest BCUT2D eigenvalue weighted by Crippen LogP contribution is 2.36. The number of amides is 2. The predicted molar refractivity (Wildman–Crippen MR) is 114 cm³/mol. The molecule has 2 aromatic carbocycles. The number of benzene rings is 2. The first-order valence-electron chi connectivity index (χ1n) is 10.4. The molecule has 0 spiro atoms. The minimum absolute atomic E-state index is 0.0273. The molecule has 1 fully saturated rings. The summed E-state index contributed by atoms with van der Waals surface area (Å²) in [6, 6.07) is 6.16. The zero-order valence-corrected chi connectivity index (χ0v) is 18.0. The smallest absolute Gasteiger partial charge is 0.345 e. The van der Waals surface area contributed by atoms with Crippen LogP contribution in [0.4, 0.5) is 26.3 Å². The van der Waals surface area contributed by atoms with E-state index in [1.165, 1.54) is 11.2 Å². The number of alkyl halides is 6. The number of rotatable bonds is 3. The molecule has 184 valence electrons. The maximum Gasteiger partial charge on any atom is 0.416 e. The minimum atomic E-state index is -4.97. The van der Waals surface area contributed by atoms with Crippen molar-refractivity contribution in [1.29, 1.82) is 0 Å². The fourth-order valence-electron chi connectivity index (χ4n) is 3.73. The van der Waals surface area contributed by atoms with Crippen LogP contribution >= 0.6 is 0 Å². The molecule has 1 aliphatic rings. The Morgan fingerprint density at radius 1 is 0.857 bits per heavy atom. The Balaban J connectivity index is 1.41. The summed E-state index contributed by atoms with van der Waals surface area (Å²) in [5.41, 5.74) is -1.44. The summed E-state index contributed by atoms with van der Waals surface area (Å²) in [5.74, 6) is -0.810. The zero-order chi connectivity index (χ0) is 25.4. The molecule has 6 nitrogen and oxygen atoms in total. The van der Waals surface area contributed by atoms with Gasteiger partial charge in [-0.05, 0) is 48.0 Å². The van der Waals surface area contributed by atoms with Gasteiger partial charge in [0.05, 0.1) is 28.5 Å². The molecule has 0 saturated carbocycles. The summed E-state index contributed by atoms with van der Waals surface area (Å²) in [5, 5.41) is 0. The number of piperazine rings is 1. The van der Waals surface area contributed by atoms with Crippen molar-refractivity contribution in [2.24, 2.45) is 0 Å². The molecule has 1 aromatic heterocycles. The first kappa shape index (κ1) is 24.3. The Kier molecular flexibility index (Phi) is 6.30. The Morgan fingerprint density at radius 2 is 1.46 bits per heavy atom. The lowest BCUT2D eigenvalue weighted by molar-refractivity contribution is -0.143. The molecule has 0 atom stereocenters. The molecule has 0 bridgehead atoms. The second-order valence-corrected chi connectivity index (χ2v) is 7.92. The third-order valence-corrected chi connectivity index (χ3v) is 5.57. The maximum atomic E-state index is 13.0. The van der Waals surface area contributed by atoms with E-state index in [4.69, 9.17) is 0 Å². The van der Waals surface area contributed by atoms with Gasteiger partial charge in [0, 0.05) is 37.8 Å². The number of fused-ring (bicyclic) bond motifs is 1. The molecule has 2 amide bonds. The van der Waals surface area contributed by atoms with Crippen molar-refractivity contribution < 1.29 is 35.9 Å². The Labute approximate surface area is 194 Å². The van der Waals surface area contributed by atoms with Crippen LogP contribution in [0.5, 0.6) is 0 Å². The molecule has 1 aliphatic heterocycles. The molecule has 0 unspecified atom stereocenters. The second-order valence-electron chi connectivity index (χ2n) is 7.92. The van der Waals surface area contributed by atoms with E-state index in [2.05, 4.69) is 9.97 Å². The number of imidazole rings is 1. The van der Waals surface area contributed by atoms with Gasteiger partial charge >= 0.3 is 12.4 Å². The molecule has 1 N–H and O–H groups in total. The third kappa shape index (κ3) is 5.47. The van der Waals surface area contributed by atoms with Crippen LogP contribution < -0.4 is 0 Å². The van der Waals surface area contributed by atoms with E-state index in [1.54, 1.807) is 23.1 Å². The van der Waals surface area contributed by atoms with Crippen molar-refractivity contribution in [2.45, 2.75) is 12.4 Å². The number of carbonyl (C=O) groups excluding carboxylic acids is 2. The van der Waals surface area contributed by atoms with Gasteiger partial charge in [-0.1, -0.05) is 0 Å². The van der Waals surface area contributed by atoms with Gasteiger partial charge in [0.1, 0.15) is 0 Å². The number of H-pyrrole nitrogens is 1. The molecule has 12 heteroatoms. The molecular weight excluding hydrogens is 478 g/mol. The SMILES string of the molecule is O=C(/C=C/c1cc(C(F)(F)F)cc(C(F)(F)F)c1)N1CCN(C(=O)c2ccc3nc[nH]c3c2)CC1. The Hall–Kier alpha value is -3.83. The number of carbonyl (C=O) groups is 2. The summed E-state index contributed by atoms with van der Waals surface area (Å²) in [6.45, 7) is 0.775. The lowest BCUT2D eigenvalue weighted by Crippen LogP contribution is -2.50. The number of nitrogens with one attached hydrogen (secondary N) is 1. The van der Waals surface area contributed by atoms with Crippen molar-refractivity contribution in [2.75, 3.05) is 26.2 Å². The summed E-state index contributed by atoms with van der Waals surface area (Å²) < 4.78 is 78.0. The maximum absolute atomic E-state index is 13.0. The minimum Gasteiger partial charge on any atom is -0.345 e. The van der Waals surface area contributed by atoms with Gasteiger partial charge in [-0.2, -0.15) is 26.3 Å². The van der Waals surface area contributed by atoms with Crippen LogP contribution in [0, 0.1) is 0 Å². The van der Waals surface area contributed by atoms with Gasteiger partial charge in [0.15, 0.2) is 0 Å². The van der Waals surface area contributed by atoms with Crippen LogP contribution in [-0.4, -0.2) is 57.8 Å². The van der Waals surface area contributed by atoms with E-state index >= 15 is 0 Å². The van der Waals surface area contributed by atoms with Crippen LogP contribution in [0.15, 0.2) is 48.8 Å². The van der Waals surface area contributed by atoms with Crippen LogP contribution in [0.25, 0.3) is 17.1 Å². The number of hydrogen-bond donors (Lipinski definition) is 1. The van der Waals surface area contributed by atoms with Gasteiger partial charge in [-0.3, -0.25) is 9.59 Å². The highest BCUT2D eigenvalue weighted by molar-refractivity contribution is 5.97. The van der Waals surface area contributed by atoms with E-state index in [1.807, 2.05) is 0 Å². The predicted octanol–water partition coefficient (Wildman–Crippen LogP) is 4.60. The van der Waals surface area contributed by atoms with Crippen molar-refractivity contribution in [3.63, 3.8) is 0 Å². The van der Waals surface area contributed by atoms with Crippen molar-refractivity contribution in [1.82, 2.24) is 19.8 Å². The van der Waals surface area contributed by atoms with Gasteiger partial charge in [0.2, 0.25) is 5.91 Å². The zero-order valence-electron chi connectivity index (χ0n) is 18.0. The van der Waals surface area contributed by atoms with Gasteiger partial charge in [-0.15, -0.1) is 0 Å². The molecule has 4 rings (SSSR count). The van der Waals surface area contributed by atoms with E-state index in [9.17, 15) is 35.9 Å². The summed E-state index contributed by atoms with van der Waals surface area (Å²) >= 11 is 0. The summed E-state index contributed by atoms with van der Waals surface area (Å²) in [6.07, 6.45) is -6.58. The van der Waals surface area contributed by atoms with Crippen molar-refractivity contribution in [3.05, 3.63) is 71.1 Å².